The number of primary amides is 1. The minimum atomic E-state index is -0.507. The summed E-state index contributed by atoms with van der Waals surface area (Å²) < 4.78 is 0. The summed E-state index contributed by atoms with van der Waals surface area (Å²) in [5.74, 6) is 0.179. The molecule has 4 heteroatoms. The Morgan fingerprint density at radius 1 is 1.11 bits per heavy atom. The molecular formula is C14H15N3O. The lowest BCUT2D eigenvalue weighted by Gasteiger charge is -2.04. The number of aryl methyl sites for hydroxylation is 2. The molecule has 0 saturated carbocycles. The second-order valence-corrected chi connectivity index (χ2v) is 4.42. The molecule has 0 aliphatic heterocycles. The van der Waals surface area contributed by atoms with Crippen molar-refractivity contribution in [1.82, 2.24) is 9.97 Å². The molecule has 1 aromatic heterocycles. The van der Waals surface area contributed by atoms with Gasteiger partial charge in [-0.1, -0.05) is 29.3 Å². The van der Waals surface area contributed by atoms with Gasteiger partial charge in [0.15, 0.2) is 0 Å². The van der Waals surface area contributed by atoms with Crippen LogP contribution in [0.1, 0.15) is 32.9 Å². The van der Waals surface area contributed by atoms with E-state index in [2.05, 4.69) is 42.0 Å². The number of carbonyl (C=O) groups is 1. The highest BCUT2D eigenvalue weighted by molar-refractivity contribution is 5.92. The number of rotatable bonds is 3. The number of hydrogen-bond donors (Lipinski definition) is 1. The Hall–Kier alpha value is -2.23. The fraction of sp³-hybridized carbons (Fsp3) is 0.214. The van der Waals surface area contributed by atoms with Crippen molar-refractivity contribution in [2.75, 3.05) is 0 Å². The van der Waals surface area contributed by atoms with Gasteiger partial charge in [0.05, 0.1) is 5.56 Å². The zero-order valence-electron chi connectivity index (χ0n) is 10.5. The Kier molecular flexibility index (Phi) is 3.37. The van der Waals surface area contributed by atoms with Crippen molar-refractivity contribution in [3.05, 3.63) is 58.7 Å². The van der Waals surface area contributed by atoms with Gasteiger partial charge < -0.3 is 5.73 Å². The zero-order valence-corrected chi connectivity index (χ0v) is 10.5. The van der Waals surface area contributed by atoms with Crippen molar-refractivity contribution in [2.24, 2.45) is 5.73 Å². The van der Waals surface area contributed by atoms with E-state index in [0.717, 1.165) is 0 Å². The Morgan fingerprint density at radius 2 is 1.67 bits per heavy atom. The van der Waals surface area contributed by atoms with Gasteiger partial charge in [-0.2, -0.15) is 0 Å². The van der Waals surface area contributed by atoms with Crippen molar-refractivity contribution < 1.29 is 4.79 Å². The summed E-state index contributed by atoms with van der Waals surface area (Å²) in [6.07, 6.45) is 3.59. The Balaban J connectivity index is 2.20. The molecule has 0 bridgehead atoms. The maximum Gasteiger partial charge on any atom is 0.251 e. The number of amides is 1. The van der Waals surface area contributed by atoms with Crippen LogP contribution in [0.3, 0.4) is 0 Å². The monoisotopic (exact) mass is 241 g/mol. The summed E-state index contributed by atoms with van der Waals surface area (Å²) in [7, 11) is 0. The molecule has 4 nitrogen and oxygen atoms in total. The molecule has 0 fully saturated rings. The molecule has 1 aromatic carbocycles. The topological polar surface area (TPSA) is 68.9 Å². The first-order valence-electron chi connectivity index (χ1n) is 5.72. The Bertz CT molecular complexity index is 556. The maximum atomic E-state index is 10.9. The number of nitrogens with zero attached hydrogens (tertiary/aromatic N) is 2. The summed E-state index contributed by atoms with van der Waals surface area (Å²) in [5, 5.41) is 0. The van der Waals surface area contributed by atoms with Crippen LogP contribution >= 0.6 is 0 Å². The lowest BCUT2D eigenvalue weighted by Crippen LogP contribution is -2.12. The van der Waals surface area contributed by atoms with Crippen molar-refractivity contribution >= 4 is 5.91 Å². The molecule has 2 rings (SSSR count). The molecule has 0 atom stereocenters. The van der Waals surface area contributed by atoms with Crippen molar-refractivity contribution in [3.8, 4) is 0 Å². The molecule has 1 amide bonds. The molecule has 1 heterocycles. The van der Waals surface area contributed by atoms with E-state index >= 15 is 0 Å². The maximum absolute atomic E-state index is 10.9. The second kappa shape index (κ2) is 4.96. The predicted octanol–water partition coefficient (Wildman–Crippen LogP) is 1.78. The largest absolute Gasteiger partial charge is 0.366 e. The summed E-state index contributed by atoms with van der Waals surface area (Å²) >= 11 is 0. The average molecular weight is 241 g/mol. The van der Waals surface area contributed by atoms with Gasteiger partial charge in [0.25, 0.3) is 5.91 Å². The molecule has 2 aromatic rings. The Labute approximate surface area is 106 Å². The number of nitrogens with two attached hydrogens (primary N) is 1. The summed E-state index contributed by atoms with van der Waals surface area (Å²) in [6.45, 7) is 4.13. The highest BCUT2D eigenvalue weighted by Crippen LogP contribution is 2.11. The quantitative estimate of drug-likeness (QED) is 0.890. The number of aromatic nitrogens is 2. The van der Waals surface area contributed by atoms with E-state index < -0.39 is 5.91 Å². The lowest BCUT2D eigenvalue weighted by molar-refractivity contribution is 0.0999. The summed E-state index contributed by atoms with van der Waals surface area (Å²) in [6, 6.07) is 6.34. The number of benzene rings is 1. The Morgan fingerprint density at radius 3 is 2.17 bits per heavy atom. The first-order chi connectivity index (χ1) is 8.54. The fourth-order valence-corrected chi connectivity index (χ4v) is 1.93. The van der Waals surface area contributed by atoms with Crippen LogP contribution in [-0.4, -0.2) is 15.9 Å². The molecule has 0 spiro atoms. The van der Waals surface area contributed by atoms with Gasteiger partial charge in [-0.25, -0.2) is 9.97 Å². The van der Waals surface area contributed by atoms with Crippen LogP contribution in [0.5, 0.6) is 0 Å². The molecule has 0 aliphatic rings. The van der Waals surface area contributed by atoms with Crippen LogP contribution in [0.15, 0.2) is 30.6 Å². The third-order valence-electron chi connectivity index (χ3n) is 2.63. The molecule has 0 radical (unpaired) electrons. The number of carbonyl (C=O) groups excluding carboxylic acids is 1. The van der Waals surface area contributed by atoms with Gasteiger partial charge in [0, 0.05) is 18.8 Å². The molecule has 18 heavy (non-hydrogen) atoms. The predicted molar refractivity (Wildman–Crippen MR) is 69.3 cm³/mol. The van der Waals surface area contributed by atoms with Crippen LogP contribution in [0.2, 0.25) is 0 Å². The summed E-state index contributed by atoms with van der Waals surface area (Å²) in [5.41, 5.74) is 9.08. The van der Waals surface area contributed by atoms with E-state index in [1.54, 1.807) is 0 Å². The standard InChI is InChI=1S/C14H15N3O/c1-9-3-10(2)5-11(4-9)6-13-16-7-12(8-17-13)14(15)18/h3-5,7-8H,6H2,1-2H3,(H2,15,18). The minimum Gasteiger partial charge on any atom is -0.366 e. The van der Waals surface area contributed by atoms with Crippen LogP contribution in [-0.2, 0) is 6.42 Å². The van der Waals surface area contributed by atoms with E-state index in [9.17, 15) is 4.79 Å². The van der Waals surface area contributed by atoms with Crippen molar-refractivity contribution in [3.63, 3.8) is 0 Å². The summed E-state index contributed by atoms with van der Waals surface area (Å²) in [4.78, 5) is 19.2. The first kappa shape index (κ1) is 12.2. The second-order valence-electron chi connectivity index (χ2n) is 4.42. The van der Waals surface area contributed by atoms with E-state index in [0.29, 0.717) is 17.8 Å². The van der Waals surface area contributed by atoms with Gasteiger partial charge in [-0.05, 0) is 19.4 Å². The molecule has 92 valence electrons. The fourth-order valence-electron chi connectivity index (χ4n) is 1.93. The molecule has 0 saturated heterocycles. The first-order valence-corrected chi connectivity index (χ1v) is 5.72. The van der Waals surface area contributed by atoms with Gasteiger partial charge in [-0.15, -0.1) is 0 Å². The van der Waals surface area contributed by atoms with Gasteiger partial charge in [0.2, 0.25) is 0 Å². The van der Waals surface area contributed by atoms with E-state index in [-0.39, 0.29) is 0 Å². The van der Waals surface area contributed by atoms with Crippen LogP contribution in [0.4, 0.5) is 0 Å². The van der Waals surface area contributed by atoms with Gasteiger partial charge in [-0.3, -0.25) is 4.79 Å². The van der Waals surface area contributed by atoms with Crippen molar-refractivity contribution in [1.29, 1.82) is 0 Å². The average Bonchev–Trinajstić information content (AvgIpc) is 2.28. The van der Waals surface area contributed by atoms with Crippen LogP contribution in [0.25, 0.3) is 0 Å². The zero-order chi connectivity index (χ0) is 13.1. The van der Waals surface area contributed by atoms with E-state index in [1.807, 2.05) is 0 Å². The smallest absolute Gasteiger partial charge is 0.251 e. The van der Waals surface area contributed by atoms with E-state index in [1.165, 1.54) is 29.1 Å². The third-order valence-corrected chi connectivity index (χ3v) is 2.63. The molecular weight excluding hydrogens is 226 g/mol. The van der Waals surface area contributed by atoms with E-state index in [4.69, 9.17) is 5.73 Å². The minimum absolute atomic E-state index is 0.333. The van der Waals surface area contributed by atoms with Crippen molar-refractivity contribution in [2.45, 2.75) is 20.3 Å². The molecule has 2 N–H and O–H groups in total. The SMILES string of the molecule is Cc1cc(C)cc(Cc2ncc(C(N)=O)cn2)c1. The molecule has 0 aliphatic carbocycles. The highest BCUT2D eigenvalue weighted by atomic mass is 16.1. The normalized spacial score (nSPS) is 10.3. The lowest BCUT2D eigenvalue weighted by atomic mass is 10.0. The van der Waals surface area contributed by atoms with Gasteiger partial charge >= 0.3 is 0 Å². The van der Waals surface area contributed by atoms with Crippen LogP contribution < -0.4 is 5.73 Å². The third kappa shape index (κ3) is 2.91. The highest BCUT2D eigenvalue weighted by Gasteiger charge is 2.04. The van der Waals surface area contributed by atoms with Gasteiger partial charge in [0.1, 0.15) is 5.82 Å². The van der Waals surface area contributed by atoms with Crippen LogP contribution in [0, 0.1) is 13.8 Å². The molecule has 0 unspecified atom stereocenters. The number of hydrogen-bond acceptors (Lipinski definition) is 3.